The number of benzene rings is 1. The standard InChI is InChI=1S/C11H11ClN4O/c1-13-11-10(16-15-6-14-11)8-4-3-7(17-2)5-9(8)12/h3-6H,1-2H3,(H,13,14,15). The molecule has 5 nitrogen and oxygen atoms in total. The summed E-state index contributed by atoms with van der Waals surface area (Å²) in [5.41, 5.74) is 1.38. The summed E-state index contributed by atoms with van der Waals surface area (Å²) in [6.45, 7) is 0. The molecule has 88 valence electrons. The predicted molar refractivity (Wildman–Crippen MR) is 66.4 cm³/mol. The van der Waals surface area contributed by atoms with E-state index in [-0.39, 0.29) is 0 Å². The summed E-state index contributed by atoms with van der Waals surface area (Å²) in [6, 6.07) is 5.37. The molecule has 1 heterocycles. The topological polar surface area (TPSA) is 59.9 Å². The molecule has 2 aromatic rings. The molecule has 1 N–H and O–H groups in total. The minimum atomic E-state index is 0.545. The van der Waals surface area contributed by atoms with Gasteiger partial charge >= 0.3 is 0 Å². The van der Waals surface area contributed by atoms with E-state index in [0.29, 0.717) is 22.3 Å². The first kappa shape index (κ1) is 11.6. The van der Waals surface area contributed by atoms with E-state index < -0.39 is 0 Å². The lowest BCUT2D eigenvalue weighted by Gasteiger charge is -2.08. The molecular formula is C11H11ClN4O. The second-order valence-electron chi connectivity index (χ2n) is 3.25. The zero-order valence-electron chi connectivity index (χ0n) is 9.44. The summed E-state index contributed by atoms with van der Waals surface area (Å²) in [7, 11) is 3.36. The normalized spacial score (nSPS) is 10.1. The van der Waals surface area contributed by atoms with Crippen molar-refractivity contribution in [3.05, 3.63) is 29.5 Å². The van der Waals surface area contributed by atoms with E-state index in [0.717, 1.165) is 5.56 Å². The van der Waals surface area contributed by atoms with E-state index in [1.54, 1.807) is 20.2 Å². The fourth-order valence-corrected chi connectivity index (χ4v) is 1.71. The van der Waals surface area contributed by atoms with Crippen LogP contribution in [0.1, 0.15) is 0 Å². The second-order valence-corrected chi connectivity index (χ2v) is 3.66. The van der Waals surface area contributed by atoms with Crippen LogP contribution in [0.5, 0.6) is 5.75 Å². The zero-order chi connectivity index (χ0) is 12.3. The van der Waals surface area contributed by atoms with Gasteiger partial charge in [-0.05, 0) is 18.2 Å². The van der Waals surface area contributed by atoms with Crippen molar-refractivity contribution in [2.75, 3.05) is 19.5 Å². The van der Waals surface area contributed by atoms with Gasteiger partial charge < -0.3 is 10.1 Å². The Balaban J connectivity index is 2.53. The number of hydrogen-bond acceptors (Lipinski definition) is 5. The molecule has 1 aromatic heterocycles. The molecule has 0 aliphatic carbocycles. The third-order valence-electron chi connectivity index (χ3n) is 2.29. The molecule has 0 unspecified atom stereocenters. The molecule has 0 spiro atoms. The molecule has 0 aliphatic rings. The smallest absolute Gasteiger partial charge is 0.156 e. The van der Waals surface area contributed by atoms with Crippen LogP contribution in [0.25, 0.3) is 11.3 Å². The lowest BCUT2D eigenvalue weighted by Crippen LogP contribution is -1.99. The van der Waals surface area contributed by atoms with Crippen LogP contribution in [0.2, 0.25) is 5.02 Å². The molecule has 6 heteroatoms. The first-order valence-corrected chi connectivity index (χ1v) is 5.33. The Kier molecular flexibility index (Phi) is 3.39. The minimum absolute atomic E-state index is 0.545. The van der Waals surface area contributed by atoms with Crippen LogP contribution in [0.4, 0.5) is 5.82 Å². The Morgan fingerprint density at radius 3 is 2.82 bits per heavy atom. The Morgan fingerprint density at radius 2 is 2.18 bits per heavy atom. The maximum Gasteiger partial charge on any atom is 0.156 e. The summed E-state index contributed by atoms with van der Waals surface area (Å²) in [6.07, 6.45) is 1.38. The van der Waals surface area contributed by atoms with Crippen LogP contribution in [-0.2, 0) is 0 Å². The molecular weight excluding hydrogens is 240 g/mol. The SMILES string of the molecule is CNc1ncnnc1-c1ccc(OC)cc1Cl. The number of anilines is 1. The molecule has 0 fully saturated rings. The molecule has 2 rings (SSSR count). The van der Waals surface area contributed by atoms with Crippen molar-refractivity contribution in [3.63, 3.8) is 0 Å². The van der Waals surface area contributed by atoms with E-state index in [1.807, 2.05) is 12.1 Å². The van der Waals surface area contributed by atoms with Crippen molar-refractivity contribution in [1.82, 2.24) is 15.2 Å². The van der Waals surface area contributed by atoms with Crippen molar-refractivity contribution in [2.24, 2.45) is 0 Å². The van der Waals surface area contributed by atoms with Gasteiger partial charge in [-0.3, -0.25) is 0 Å². The third-order valence-corrected chi connectivity index (χ3v) is 2.60. The van der Waals surface area contributed by atoms with Gasteiger partial charge in [0.1, 0.15) is 17.8 Å². The van der Waals surface area contributed by atoms with Crippen LogP contribution < -0.4 is 10.1 Å². The van der Waals surface area contributed by atoms with Crippen molar-refractivity contribution < 1.29 is 4.74 Å². The summed E-state index contributed by atoms with van der Waals surface area (Å²) < 4.78 is 5.09. The molecule has 17 heavy (non-hydrogen) atoms. The van der Waals surface area contributed by atoms with E-state index in [4.69, 9.17) is 16.3 Å². The van der Waals surface area contributed by atoms with Crippen molar-refractivity contribution in [3.8, 4) is 17.0 Å². The number of nitrogens with zero attached hydrogens (tertiary/aromatic N) is 3. The largest absolute Gasteiger partial charge is 0.497 e. The van der Waals surface area contributed by atoms with Crippen LogP contribution >= 0.6 is 11.6 Å². The summed E-state index contributed by atoms with van der Waals surface area (Å²) in [5.74, 6) is 1.33. The van der Waals surface area contributed by atoms with Gasteiger partial charge in [0.05, 0.1) is 12.1 Å². The van der Waals surface area contributed by atoms with Gasteiger partial charge in [-0.15, -0.1) is 10.2 Å². The average molecular weight is 251 g/mol. The van der Waals surface area contributed by atoms with Crippen molar-refractivity contribution in [2.45, 2.75) is 0 Å². The predicted octanol–water partition coefficient (Wildman–Crippen LogP) is 2.24. The summed E-state index contributed by atoms with van der Waals surface area (Å²) >= 11 is 6.17. The van der Waals surface area contributed by atoms with E-state index >= 15 is 0 Å². The third kappa shape index (κ3) is 2.29. The highest BCUT2D eigenvalue weighted by Gasteiger charge is 2.11. The highest BCUT2D eigenvalue weighted by molar-refractivity contribution is 6.33. The Bertz CT molecular complexity index is 533. The lowest BCUT2D eigenvalue weighted by molar-refractivity contribution is 0.415. The van der Waals surface area contributed by atoms with E-state index in [1.165, 1.54) is 6.33 Å². The molecule has 0 bridgehead atoms. The summed E-state index contributed by atoms with van der Waals surface area (Å²) in [5, 5.41) is 11.3. The first-order valence-electron chi connectivity index (χ1n) is 4.95. The number of halogens is 1. The number of rotatable bonds is 3. The van der Waals surface area contributed by atoms with Crippen molar-refractivity contribution in [1.29, 1.82) is 0 Å². The van der Waals surface area contributed by atoms with E-state index in [9.17, 15) is 0 Å². The fourth-order valence-electron chi connectivity index (χ4n) is 1.45. The molecule has 0 saturated heterocycles. The van der Waals surface area contributed by atoms with Crippen LogP contribution in [-0.4, -0.2) is 29.3 Å². The van der Waals surface area contributed by atoms with Crippen LogP contribution in [0.15, 0.2) is 24.5 Å². The molecule has 0 atom stereocenters. The van der Waals surface area contributed by atoms with Crippen LogP contribution in [0.3, 0.4) is 0 Å². The van der Waals surface area contributed by atoms with E-state index in [2.05, 4.69) is 20.5 Å². The fraction of sp³-hybridized carbons (Fsp3) is 0.182. The molecule has 0 amide bonds. The lowest BCUT2D eigenvalue weighted by atomic mass is 10.1. The molecule has 1 aromatic carbocycles. The Hall–Kier alpha value is -1.88. The Labute approximate surface area is 104 Å². The molecule has 0 saturated carbocycles. The van der Waals surface area contributed by atoms with Gasteiger partial charge in [0.2, 0.25) is 0 Å². The van der Waals surface area contributed by atoms with Gasteiger partial charge in [0.25, 0.3) is 0 Å². The van der Waals surface area contributed by atoms with Gasteiger partial charge in [-0.25, -0.2) is 4.98 Å². The quantitative estimate of drug-likeness (QED) is 0.905. The highest BCUT2D eigenvalue weighted by Crippen LogP contribution is 2.32. The maximum absolute atomic E-state index is 6.17. The van der Waals surface area contributed by atoms with Gasteiger partial charge in [0, 0.05) is 12.6 Å². The highest BCUT2D eigenvalue weighted by atomic mass is 35.5. The minimum Gasteiger partial charge on any atom is -0.497 e. The van der Waals surface area contributed by atoms with Crippen molar-refractivity contribution >= 4 is 17.4 Å². The molecule has 0 radical (unpaired) electrons. The maximum atomic E-state index is 6.17. The molecule has 0 aliphatic heterocycles. The number of nitrogens with one attached hydrogen (secondary N) is 1. The van der Waals surface area contributed by atoms with Gasteiger partial charge in [0.15, 0.2) is 5.82 Å². The number of ether oxygens (including phenoxy) is 1. The number of aromatic nitrogens is 3. The van der Waals surface area contributed by atoms with Gasteiger partial charge in [-0.2, -0.15) is 0 Å². The van der Waals surface area contributed by atoms with Crippen LogP contribution in [0, 0.1) is 0 Å². The van der Waals surface area contributed by atoms with Gasteiger partial charge in [-0.1, -0.05) is 11.6 Å². The number of methoxy groups -OCH3 is 1. The second kappa shape index (κ2) is 4.97. The Morgan fingerprint density at radius 1 is 1.35 bits per heavy atom. The number of hydrogen-bond donors (Lipinski definition) is 1. The first-order chi connectivity index (χ1) is 8.26. The average Bonchev–Trinajstić information content (AvgIpc) is 2.38. The monoisotopic (exact) mass is 250 g/mol. The summed E-state index contributed by atoms with van der Waals surface area (Å²) in [4.78, 5) is 4.08. The zero-order valence-corrected chi connectivity index (χ0v) is 10.2.